The van der Waals surface area contributed by atoms with Crippen molar-refractivity contribution in [3.63, 3.8) is 0 Å². The first-order valence-corrected chi connectivity index (χ1v) is 14.8. The predicted octanol–water partition coefficient (Wildman–Crippen LogP) is 4.16. The summed E-state index contributed by atoms with van der Waals surface area (Å²) < 4.78 is 42.6. The highest BCUT2D eigenvalue weighted by Crippen LogP contribution is 2.36. The van der Waals surface area contributed by atoms with E-state index in [1.807, 2.05) is 31.2 Å². The van der Waals surface area contributed by atoms with Crippen LogP contribution in [0.15, 0.2) is 53.4 Å². The van der Waals surface area contributed by atoms with Crippen molar-refractivity contribution in [2.45, 2.75) is 61.4 Å². The predicted molar refractivity (Wildman–Crippen MR) is 147 cm³/mol. The number of hydrogen-bond acceptors (Lipinski definition) is 8. The molecule has 2 aromatic rings. The lowest BCUT2D eigenvalue weighted by molar-refractivity contribution is -0.201. The Balaban J connectivity index is 1.49. The maximum absolute atomic E-state index is 13.9. The molecule has 2 atom stereocenters. The van der Waals surface area contributed by atoms with Gasteiger partial charge in [0.15, 0.2) is 20.9 Å². The molecule has 2 unspecified atom stereocenters. The molecule has 0 bridgehead atoms. The molecule has 2 heterocycles. The third kappa shape index (κ3) is 6.52. The number of carbonyl (C=O) groups excluding carboxylic acids is 1. The third-order valence-electron chi connectivity index (χ3n) is 6.72. The van der Waals surface area contributed by atoms with E-state index in [0.29, 0.717) is 43.3 Å². The number of carbonyl (C=O) groups is 1. The number of rotatable bonds is 9. The average molecular weight is 563 g/mol. The van der Waals surface area contributed by atoms with Gasteiger partial charge in [-0.25, -0.2) is 18.7 Å². The highest BCUT2D eigenvalue weighted by Gasteiger charge is 2.51. The minimum Gasteiger partial charge on any atom is -0.494 e. The summed E-state index contributed by atoms with van der Waals surface area (Å²) in [5, 5.41) is 3.13. The Kier molecular flexibility index (Phi) is 9.72. The van der Waals surface area contributed by atoms with Crippen LogP contribution in [-0.4, -0.2) is 56.8 Å². The van der Waals surface area contributed by atoms with Crippen LogP contribution < -0.4 is 15.5 Å². The van der Waals surface area contributed by atoms with Gasteiger partial charge >= 0.3 is 0 Å². The summed E-state index contributed by atoms with van der Waals surface area (Å²) >= 11 is 5.51. The quantitative estimate of drug-likeness (QED) is 0.344. The molecule has 2 N–H and O–H groups in total. The molecule has 2 saturated heterocycles. The zero-order chi connectivity index (χ0) is 27.0. The van der Waals surface area contributed by atoms with Gasteiger partial charge in [-0.05, 0) is 87.6 Å². The van der Waals surface area contributed by atoms with Crippen LogP contribution in [0.25, 0.3) is 0 Å². The molecular formula is C27H34N2O7S2. The van der Waals surface area contributed by atoms with Crippen molar-refractivity contribution in [3.8, 4) is 5.75 Å². The van der Waals surface area contributed by atoms with Gasteiger partial charge in [0.2, 0.25) is 0 Å². The number of sulfone groups is 1. The lowest BCUT2D eigenvalue weighted by Gasteiger charge is -2.31. The second kappa shape index (κ2) is 13.0. The number of hydrogen-bond donors (Lipinski definition) is 2. The zero-order valence-electron chi connectivity index (χ0n) is 21.4. The normalized spacial score (nSPS) is 22.2. The van der Waals surface area contributed by atoms with Crippen LogP contribution in [0.5, 0.6) is 5.75 Å². The summed E-state index contributed by atoms with van der Waals surface area (Å²) in [5.41, 5.74) is 3.83. The molecule has 0 aromatic heterocycles. The van der Waals surface area contributed by atoms with Gasteiger partial charge in [0.1, 0.15) is 10.7 Å². The van der Waals surface area contributed by atoms with Crippen molar-refractivity contribution in [2.24, 2.45) is 0 Å². The van der Waals surface area contributed by atoms with Gasteiger partial charge in [-0.3, -0.25) is 4.79 Å². The molecule has 4 rings (SSSR count). The van der Waals surface area contributed by atoms with E-state index < -0.39 is 26.8 Å². The van der Waals surface area contributed by atoms with Crippen molar-refractivity contribution in [1.82, 2.24) is 5.48 Å². The van der Waals surface area contributed by atoms with Crippen LogP contribution in [-0.2, 0) is 28.9 Å². The molecule has 206 valence electrons. The molecule has 11 heteroatoms. The van der Waals surface area contributed by atoms with Crippen molar-refractivity contribution in [2.75, 3.05) is 31.7 Å². The van der Waals surface area contributed by atoms with Gasteiger partial charge in [0.25, 0.3) is 5.91 Å². The molecule has 2 fully saturated rings. The Morgan fingerprint density at radius 3 is 2.47 bits per heavy atom. The van der Waals surface area contributed by atoms with E-state index in [2.05, 4.69) is 10.8 Å². The minimum atomic E-state index is -4.09. The van der Waals surface area contributed by atoms with Crippen LogP contribution in [0.3, 0.4) is 0 Å². The number of benzene rings is 2. The van der Waals surface area contributed by atoms with E-state index in [9.17, 15) is 13.2 Å². The standard InChI is InChI=1S/C27H34N2O7S2/c1-2-34-22-11-7-20(8-12-22)25(37)28-21-9-13-23(14-10-21)38(31,32)27(15-5-17-33-19-16-27)26(30)29-36-24-6-3-4-18-35-24/h7-14,24H,2-6,15-19H2,1H3,(H,28,37)(H,29,30). The summed E-state index contributed by atoms with van der Waals surface area (Å²) in [6, 6.07) is 13.7. The van der Waals surface area contributed by atoms with Gasteiger partial charge in [-0.2, -0.15) is 0 Å². The van der Waals surface area contributed by atoms with Crippen LogP contribution in [0.1, 0.15) is 51.0 Å². The zero-order valence-corrected chi connectivity index (χ0v) is 23.1. The van der Waals surface area contributed by atoms with Gasteiger partial charge < -0.3 is 19.5 Å². The Morgan fingerprint density at radius 1 is 1.03 bits per heavy atom. The number of nitrogens with one attached hydrogen (secondary N) is 2. The Labute approximate surface area is 229 Å². The van der Waals surface area contributed by atoms with E-state index in [1.165, 1.54) is 12.1 Å². The molecule has 2 aliphatic rings. The summed E-state index contributed by atoms with van der Waals surface area (Å²) in [6.45, 7) is 3.59. The second-order valence-corrected chi connectivity index (χ2v) is 11.9. The lowest BCUT2D eigenvalue weighted by Crippen LogP contribution is -2.53. The lowest BCUT2D eigenvalue weighted by atomic mass is 9.99. The highest BCUT2D eigenvalue weighted by molar-refractivity contribution is 7.93. The molecule has 0 spiro atoms. The fourth-order valence-electron chi connectivity index (χ4n) is 4.57. The average Bonchev–Trinajstić information content (AvgIpc) is 3.21. The molecule has 0 radical (unpaired) electrons. The van der Waals surface area contributed by atoms with Crippen molar-refractivity contribution >= 4 is 38.6 Å². The number of thiocarbonyl (C=S) groups is 1. The largest absolute Gasteiger partial charge is 0.494 e. The fraction of sp³-hybridized carbons (Fsp3) is 0.481. The highest BCUT2D eigenvalue weighted by atomic mass is 32.2. The molecule has 2 aliphatic heterocycles. The summed E-state index contributed by atoms with van der Waals surface area (Å²) in [6.07, 6.45) is 2.48. The summed E-state index contributed by atoms with van der Waals surface area (Å²) in [7, 11) is -4.09. The number of hydroxylamine groups is 1. The first-order valence-electron chi connectivity index (χ1n) is 12.9. The van der Waals surface area contributed by atoms with Gasteiger partial charge in [-0.1, -0.05) is 12.2 Å². The van der Waals surface area contributed by atoms with Crippen LogP contribution in [0, 0.1) is 0 Å². The molecule has 0 saturated carbocycles. The van der Waals surface area contributed by atoms with Gasteiger partial charge in [-0.15, -0.1) is 0 Å². The van der Waals surface area contributed by atoms with E-state index >= 15 is 0 Å². The molecule has 0 aliphatic carbocycles. The van der Waals surface area contributed by atoms with Crippen molar-refractivity contribution in [1.29, 1.82) is 0 Å². The Bertz CT molecular complexity index is 1190. The van der Waals surface area contributed by atoms with Crippen LogP contribution in [0.4, 0.5) is 5.69 Å². The molecule has 1 amide bonds. The van der Waals surface area contributed by atoms with E-state index in [1.54, 1.807) is 12.1 Å². The monoisotopic (exact) mass is 562 g/mol. The molecular weight excluding hydrogens is 528 g/mol. The molecule has 9 nitrogen and oxygen atoms in total. The first kappa shape index (κ1) is 28.4. The maximum atomic E-state index is 13.9. The van der Waals surface area contributed by atoms with Crippen molar-refractivity contribution < 1.29 is 32.3 Å². The number of anilines is 1. The van der Waals surface area contributed by atoms with Crippen molar-refractivity contribution in [3.05, 3.63) is 54.1 Å². The summed E-state index contributed by atoms with van der Waals surface area (Å²) in [4.78, 5) is 19.4. The van der Waals surface area contributed by atoms with E-state index in [0.717, 1.165) is 24.2 Å². The molecule has 2 aromatic carbocycles. The SMILES string of the molecule is CCOc1ccc(C(=S)Nc2ccc(S(=O)(=O)C3(C(=O)NOC4CCCCO4)CCCOCC3)cc2)cc1. The van der Waals surface area contributed by atoms with Crippen LogP contribution >= 0.6 is 12.2 Å². The van der Waals surface area contributed by atoms with E-state index in [-0.39, 0.29) is 24.3 Å². The molecule has 38 heavy (non-hydrogen) atoms. The maximum Gasteiger partial charge on any atom is 0.265 e. The number of amides is 1. The fourth-order valence-corrected chi connectivity index (χ4v) is 6.82. The smallest absolute Gasteiger partial charge is 0.265 e. The Morgan fingerprint density at radius 2 is 1.79 bits per heavy atom. The third-order valence-corrected chi connectivity index (χ3v) is 9.57. The second-order valence-electron chi connectivity index (χ2n) is 9.24. The topological polar surface area (TPSA) is 112 Å². The number of ether oxygens (including phenoxy) is 3. The first-order chi connectivity index (χ1) is 18.4. The summed E-state index contributed by atoms with van der Waals surface area (Å²) in [5.74, 6) is 0.0585. The van der Waals surface area contributed by atoms with Gasteiger partial charge in [0.05, 0.1) is 11.5 Å². The van der Waals surface area contributed by atoms with E-state index in [4.69, 9.17) is 31.3 Å². The van der Waals surface area contributed by atoms with Gasteiger partial charge in [0, 0.05) is 37.5 Å². The minimum absolute atomic E-state index is 0.0257. The van der Waals surface area contributed by atoms with Crippen LogP contribution in [0.2, 0.25) is 0 Å². The Hall–Kier alpha value is -2.57.